The minimum atomic E-state index is -0.483. The van der Waals surface area contributed by atoms with Crippen molar-refractivity contribution in [2.45, 2.75) is 20.1 Å². The summed E-state index contributed by atoms with van der Waals surface area (Å²) >= 11 is 0. The molecule has 2 aliphatic heterocycles. The number of hydrogen-bond acceptors (Lipinski definition) is 6. The number of nitrogens with zero attached hydrogens (tertiary/aromatic N) is 2. The lowest BCUT2D eigenvalue weighted by Crippen LogP contribution is -2.43. The molecule has 0 bridgehead atoms. The van der Waals surface area contributed by atoms with Gasteiger partial charge in [-0.05, 0) is 26.0 Å². The van der Waals surface area contributed by atoms with E-state index in [2.05, 4.69) is 5.32 Å². The highest BCUT2D eigenvalue weighted by Crippen LogP contribution is 2.36. The summed E-state index contributed by atoms with van der Waals surface area (Å²) in [4.78, 5) is 28.0. The molecular weight excluding hydrogens is 354 g/mol. The summed E-state index contributed by atoms with van der Waals surface area (Å²) < 4.78 is 21.4. The first-order valence-corrected chi connectivity index (χ1v) is 9.08. The van der Waals surface area contributed by atoms with Crippen molar-refractivity contribution < 1.29 is 28.5 Å². The van der Waals surface area contributed by atoms with Crippen LogP contribution in [0.15, 0.2) is 18.2 Å². The van der Waals surface area contributed by atoms with Crippen LogP contribution in [0.1, 0.15) is 13.8 Å². The smallest absolute Gasteiger partial charge is 0.325 e. The predicted molar refractivity (Wildman–Crippen MR) is 96.9 cm³/mol. The molecule has 0 aromatic heterocycles. The number of benzene rings is 1. The first-order chi connectivity index (χ1) is 13.1. The van der Waals surface area contributed by atoms with Gasteiger partial charge in [-0.25, -0.2) is 4.79 Å². The van der Waals surface area contributed by atoms with Gasteiger partial charge in [-0.1, -0.05) is 0 Å². The van der Waals surface area contributed by atoms with E-state index in [1.807, 2.05) is 19.9 Å². The maximum atomic E-state index is 12.6. The number of anilines is 1. The van der Waals surface area contributed by atoms with Gasteiger partial charge in [-0.15, -0.1) is 0 Å². The van der Waals surface area contributed by atoms with Crippen LogP contribution < -0.4 is 19.7 Å². The zero-order valence-corrected chi connectivity index (χ0v) is 15.6. The van der Waals surface area contributed by atoms with Crippen molar-refractivity contribution in [1.82, 2.24) is 10.2 Å². The number of urea groups is 1. The molecule has 1 saturated heterocycles. The van der Waals surface area contributed by atoms with E-state index in [-0.39, 0.29) is 31.8 Å². The molecule has 0 atom stereocenters. The van der Waals surface area contributed by atoms with E-state index < -0.39 is 6.29 Å². The van der Waals surface area contributed by atoms with Crippen LogP contribution in [0.2, 0.25) is 0 Å². The number of fused-ring (bicyclic) bond motifs is 1. The van der Waals surface area contributed by atoms with Gasteiger partial charge < -0.3 is 29.2 Å². The maximum Gasteiger partial charge on any atom is 0.325 e. The lowest BCUT2D eigenvalue weighted by Gasteiger charge is -2.20. The second-order valence-electron chi connectivity index (χ2n) is 6.04. The third-order valence-electron chi connectivity index (χ3n) is 4.27. The van der Waals surface area contributed by atoms with Crippen LogP contribution >= 0.6 is 0 Å². The molecule has 1 aromatic rings. The number of nitrogens with one attached hydrogen (secondary N) is 1. The van der Waals surface area contributed by atoms with E-state index in [1.165, 1.54) is 4.90 Å². The molecule has 2 heterocycles. The van der Waals surface area contributed by atoms with Gasteiger partial charge in [-0.2, -0.15) is 0 Å². The highest BCUT2D eigenvalue weighted by Gasteiger charge is 2.31. The summed E-state index contributed by atoms with van der Waals surface area (Å²) in [6.45, 7) is 6.12. The Hall–Kier alpha value is -2.52. The third-order valence-corrected chi connectivity index (χ3v) is 4.27. The van der Waals surface area contributed by atoms with E-state index >= 15 is 0 Å². The highest BCUT2D eigenvalue weighted by atomic mass is 16.7. The molecule has 0 spiro atoms. The second kappa shape index (κ2) is 8.92. The van der Waals surface area contributed by atoms with E-state index in [4.69, 9.17) is 18.9 Å². The molecule has 0 radical (unpaired) electrons. The van der Waals surface area contributed by atoms with Crippen molar-refractivity contribution in [3.05, 3.63) is 18.2 Å². The van der Waals surface area contributed by atoms with Gasteiger partial charge in [0.25, 0.3) is 0 Å². The predicted octanol–water partition coefficient (Wildman–Crippen LogP) is 1.17. The fourth-order valence-electron chi connectivity index (χ4n) is 2.99. The quantitative estimate of drug-likeness (QED) is 0.648. The van der Waals surface area contributed by atoms with E-state index in [0.29, 0.717) is 37.8 Å². The van der Waals surface area contributed by atoms with Crippen molar-refractivity contribution in [1.29, 1.82) is 0 Å². The van der Waals surface area contributed by atoms with Gasteiger partial charge in [0, 0.05) is 38.1 Å². The van der Waals surface area contributed by atoms with Crippen molar-refractivity contribution in [3.8, 4) is 11.5 Å². The van der Waals surface area contributed by atoms with Crippen LogP contribution in [0.25, 0.3) is 0 Å². The average molecular weight is 379 g/mol. The molecular formula is C18H25N3O6. The first-order valence-electron chi connectivity index (χ1n) is 9.08. The standard InChI is InChI=1S/C18H25N3O6/c1-3-24-17(25-4-2)10-19-16(22)11-20-7-8-21(18(20)23)13-5-6-14-15(9-13)27-12-26-14/h5-6,9,17H,3-4,7-8,10-12H2,1-2H3,(H,19,22). The normalized spacial score (nSPS) is 15.7. The van der Waals surface area contributed by atoms with Crippen molar-refractivity contribution in [3.63, 3.8) is 0 Å². The summed E-state index contributed by atoms with van der Waals surface area (Å²) in [5.41, 5.74) is 0.722. The Morgan fingerprint density at radius 3 is 2.67 bits per heavy atom. The Balaban J connectivity index is 1.52. The Kier molecular flexibility index (Phi) is 6.36. The first kappa shape index (κ1) is 19.2. The lowest BCUT2D eigenvalue weighted by molar-refractivity contribution is -0.140. The zero-order chi connectivity index (χ0) is 19.2. The van der Waals surface area contributed by atoms with Crippen molar-refractivity contribution >= 4 is 17.6 Å². The number of amides is 3. The third kappa shape index (κ3) is 4.61. The molecule has 9 nitrogen and oxygen atoms in total. The molecule has 3 rings (SSSR count). The van der Waals surface area contributed by atoms with Crippen molar-refractivity contribution in [2.24, 2.45) is 0 Å². The molecule has 9 heteroatoms. The van der Waals surface area contributed by atoms with Gasteiger partial charge in [0.05, 0.1) is 6.54 Å². The number of ether oxygens (including phenoxy) is 4. The Morgan fingerprint density at radius 1 is 1.19 bits per heavy atom. The Bertz CT molecular complexity index is 677. The Labute approximate surface area is 158 Å². The van der Waals surface area contributed by atoms with Crippen LogP contribution in [-0.4, -0.2) is 69.3 Å². The average Bonchev–Trinajstić information content (AvgIpc) is 3.26. The molecule has 0 unspecified atom stereocenters. The van der Waals surface area contributed by atoms with E-state index in [0.717, 1.165) is 5.69 Å². The second-order valence-corrected chi connectivity index (χ2v) is 6.04. The van der Waals surface area contributed by atoms with Crippen molar-refractivity contribution in [2.75, 3.05) is 51.1 Å². The Morgan fingerprint density at radius 2 is 1.93 bits per heavy atom. The molecule has 3 amide bonds. The topological polar surface area (TPSA) is 89.6 Å². The minimum Gasteiger partial charge on any atom is -0.454 e. The van der Waals surface area contributed by atoms with Gasteiger partial charge in [0.1, 0.15) is 6.54 Å². The fraction of sp³-hybridized carbons (Fsp3) is 0.556. The molecule has 27 heavy (non-hydrogen) atoms. The maximum absolute atomic E-state index is 12.6. The molecule has 2 aliphatic rings. The highest BCUT2D eigenvalue weighted by molar-refractivity contribution is 5.96. The summed E-state index contributed by atoms with van der Waals surface area (Å²) in [5, 5.41) is 2.75. The molecule has 1 N–H and O–H groups in total. The largest absolute Gasteiger partial charge is 0.454 e. The van der Waals surface area contributed by atoms with Gasteiger partial charge in [0.15, 0.2) is 17.8 Å². The molecule has 0 aliphatic carbocycles. The molecule has 1 fully saturated rings. The molecule has 0 saturated carbocycles. The van der Waals surface area contributed by atoms with Crippen LogP contribution in [-0.2, 0) is 14.3 Å². The molecule has 148 valence electrons. The van der Waals surface area contributed by atoms with Crippen LogP contribution in [0.4, 0.5) is 10.5 Å². The summed E-state index contributed by atoms with van der Waals surface area (Å²) in [6, 6.07) is 5.15. The van der Waals surface area contributed by atoms with E-state index in [9.17, 15) is 9.59 Å². The van der Waals surface area contributed by atoms with Gasteiger partial charge >= 0.3 is 6.03 Å². The van der Waals surface area contributed by atoms with Gasteiger partial charge in [0.2, 0.25) is 12.7 Å². The fourth-order valence-corrected chi connectivity index (χ4v) is 2.99. The lowest BCUT2D eigenvalue weighted by atomic mass is 10.2. The minimum absolute atomic E-state index is 0.00907. The number of rotatable bonds is 9. The number of carbonyl (C=O) groups excluding carboxylic acids is 2. The summed E-state index contributed by atoms with van der Waals surface area (Å²) in [6.07, 6.45) is -0.483. The molecule has 1 aromatic carbocycles. The SMILES string of the molecule is CCOC(CNC(=O)CN1CCN(c2ccc3c(c2)OCO3)C1=O)OCC. The zero-order valence-electron chi connectivity index (χ0n) is 15.6. The summed E-state index contributed by atoms with van der Waals surface area (Å²) in [5.74, 6) is 1.04. The van der Waals surface area contributed by atoms with Crippen LogP contribution in [0, 0.1) is 0 Å². The monoisotopic (exact) mass is 379 g/mol. The van der Waals surface area contributed by atoms with Crippen LogP contribution in [0.3, 0.4) is 0 Å². The summed E-state index contributed by atoms with van der Waals surface area (Å²) in [7, 11) is 0. The number of hydrogen-bond donors (Lipinski definition) is 1. The van der Waals surface area contributed by atoms with Crippen LogP contribution in [0.5, 0.6) is 11.5 Å². The number of carbonyl (C=O) groups is 2. The van der Waals surface area contributed by atoms with E-state index in [1.54, 1.807) is 17.0 Å². The van der Waals surface area contributed by atoms with Gasteiger partial charge in [-0.3, -0.25) is 9.69 Å².